The summed E-state index contributed by atoms with van der Waals surface area (Å²) in [5.41, 5.74) is 6.44. The van der Waals surface area contributed by atoms with E-state index in [4.69, 9.17) is 10.5 Å². The van der Waals surface area contributed by atoms with Crippen LogP contribution >= 0.6 is 0 Å². The number of nitrogens with zero attached hydrogens (tertiary/aromatic N) is 2. The predicted octanol–water partition coefficient (Wildman–Crippen LogP) is 2.83. The average molecular weight is 346 g/mol. The van der Waals surface area contributed by atoms with E-state index in [0.29, 0.717) is 37.2 Å². The molecule has 1 amide bonds. The van der Waals surface area contributed by atoms with Crippen molar-refractivity contribution < 1.29 is 13.9 Å². The van der Waals surface area contributed by atoms with Crippen LogP contribution in [-0.2, 0) is 4.74 Å². The zero-order valence-corrected chi connectivity index (χ0v) is 14.1. The lowest BCUT2D eigenvalue weighted by atomic mass is 9.94. The van der Waals surface area contributed by atoms with Gasteiger partial charge in [-0.25, -0.2) is 14.2 Å². The van der Waals surface area contributed by atoms with Crippen LogP contribution in [0.3, 0.4) is 0 Å². The Hall–Kier alpha value is -2.31. The van der Waals surface area contributed by atoms with Crippen molar-refractivity contribution in [2.75, 3.05) is 18.4 Å². The molecule has 2 heterocycles. The first-order valence-corrected chi connectivity index (χ1v) is 8.94. The number of carbonyl (C=O) groups is 1. The first-order chi connectivity index (χ1) is 12.1. The second kappa shape index (κ2) is 6.20. The van der Waals surface area contributed by atoms with Crippen molar-refractivity contribution in [2.24, 2.45) is 10.7 Å². The molecule has 1 aliphatic carbocycles. The fourth-order valence-corrected chi connectivity index (χ4v) is 3.97. The van der Waals surface area contributed by atoms with Crippen LogP contribution in [0.25, 0.3) is 0 Å². The number of amides is 1. The Morgan fingerprint density at radius 3 is 2.76 bits per heavy atom. The summed E-state index contributed by atoms with van der Waals surface area (Å²) >= 11 is 0. The fraction of sp³-hybridized carbons (Fsp3) is 0.556. The summed E-state index contributed by atoms with van der Waals surface area (Å²) in [4.78, 5) is 18.6. The van der Waals surface area contributed by atoms with Crippen molar-refractivity contribution in [3.05, 3.63) is 29.6 Å². The number of hydrogen-bond acceptors (Lipinski definition) is 5. The van der Waals surface area contributed by atoms with Gasteiger partial charge in [0.15, 0.2) is 0 Å². The molecule has 3 aliphatic rings. The molecule has 25 heavy (non-hydrogen) atoms. The van der Waals surface area contributed by atoms with E-state index in [0.717, 1.165) is 25.7 Å². The van der Waals surface area contributed by atoms with Gasteiger partial charge in [0.05, 0.1) is 5.56 Å². The number of aliphatic imine (C=N–C) groups is 1. The Labute approximate surface area is 146 Å². The summed E-state index contributed by atoms with van der Waals surface area (Å²) in [5, 5.41) is 3.33. The highest BCUT2D eigenvalue weighted by Crippen LogP contribution is 2.35. The second-order valence-corrected chi connectivity index (χ2v) is 7.09. The molecule has 1 saturated heterocycles. The number of anilines is 1. The number of fused-ring (bicyclic) bond motifs is 1. The summed E-state index contributed by atoms with van der Waals surface area (Å²) < 4.78 is 19.5. The molecular formula is C18H23FN4O2. The highest BCUT2D eigenvalue weighted by Gasteiger charge is 2.40. The number of nitrogens with two attached hydrogens (primary N) is 1. The van der Waals surface area contributed by atoms with Crippen molar-refractivity contribution in [3.63, 3.8) is 0 Å². The smallest absolute Gasteiger partial charge is 0.410 e. The maximum absolute atomic E-state index is 14.0. The summed E-state index contributed by atoms with van der Waals surface area (Å²) in [6.45, 7) is 1.08. The lowest BCUT2D eigenvalue weighted by molar-refractivity contribution is 0.0546. The maximum atomic E-state index is 14.0. The Bertz CT molecular complexity index is 707. The SMILES string of the molecule is NC1=NC2(CCN(C(=O)OC3CCCC3)CC2)Nc2cccc(F)c21. The van der Waals surface area contributed by atoms with E-state index < -0.39 is 5.66 Å². The first-order valence-electron chi connectivity index (χ1n) is 8.94. The number of nitrogens with one attached hydrogen (secondary N) is 1. The molecule has 4 rings (SSSR count). The highest BCUT2D eigenvalue weighted by molar-refractivity contribution is 6.04. The molecule has 1 aromatic carbocycles. The second-order valence-electron chi connectivity index (χ2n) is 7.09. The van der Waals surface area contributed by atoms with Crippen LogP contribution in [0.4, 0.5) is 14.9 Å². The first kappa shape index (κ1) is 16.2. The minimum absolute atomic E-state index is 0.0692. The zero-order chi connectivity index (χ0) is 17.4. The number of carbonyl (C=O) groups excluding carboxylic acids is 1. The largest absolute Gasteiger partial charge is 0.446 e. The van der Waals surface area contributed by atoms with Gasteiger partial charge in [-0.3, -0.25) is 0 Å². The van der Waals surface area contributed by atoms with Gasteiger partial charge in [-0.05, 0) is 37.8 Å². The minimum atomic E-state index is -0.574. The van der Waals surface area contributed by atoms with E-state index >= 15 is 0 Å². The molecule has 134 valence electrons. The molecule has 0 atom stereocenters. The number of amidine groups is 1. The van der Waals surface area contributed by atoms with Gasteiger partial charge in [-0.1, -0.05) is 6.07 Å². The average Bonchev–Trinajstić information content (AvgIpc) is 3.08. The molecule has 1 spiro atoms. The van der Waals surface area contributed by atoms with Crippen LogP contribution in [0.1, 0.15) is 44.1 Å². The Kier molecular flexibility index (Phi) is 4.01. The van der Waals surface area contributed by atoms with Gasteiger partial charge in [0.2, 0.25) is 0 Å². The standard InChI is InChI=1S/C18H23FN4O2/c19-13-6-3-7-14-15(13)16(20)22-18(21-14)8-10-23(11-9-18)17(24)25-12-4-1-2-5-12/h3,6-7,12,21H,1-2,4-5,8-11H2,(H2,20,22). The third-order valence-electron chi connectivity index (χ3n) is 5.39. The van der Waals surface area contributed by atoms with Crippen LogP contribution in [0.5, 0.6) is 0 Å². The van der Waals surface area contributed by atoms with Crippen molar-refractivity contribution in [2.45, 2.75) is 50.3 Å². The van der Waals surface area contributed by atoms with Gasteiger partial charge in [-0.2, -0.15) is 0 Å². The molecule has 6 nitrogen and oxygen atoms in total. The zero-order valence-electron chi connectivity index (χ0n) is 14.1. The van der Waals surface area contributed by atoms with E-state index in [1.54, 1.807) is 11.0 Å². The number of halogens is 1. The lowest BCUT2D eigenvalue weighted by Gasteiger charge is -2.42. The number of benzene rings is 1. The molecule has 0 aromatic heterocycles. The van der Waals surface area contributed by atoms with Crippen molar-refractivity contribution >= 4 is 17.6 Å². The van der Waals surface area contributed by atoms with Gasteiger partial charge in [-0.15, -0.1) is 0 Å². The van der Waals surface area contributed by atoms with Gasteiger partial charge in [0.1, 0.15) is 23.4 Å². The third-order valence-corrected chi connectivity index (χ3v) is 5.39. The molecule has 7 heteroatoms. The Morgan fingerprint density at radius 2 is 2.04 bits per heavy atom. The van der Waals surface area contributed by atoms with E-state index in [1.807, 2.05) is 6.07 Å². The van der Waals surface area contributed by atoms with Gasteiger partial charge < -0.3 is 20.7 Å². The fourth-order valence-electron chi connectivity index (χ4n) is 3.97. The number of ether oxygens (including phenoxy) is 1. The molecule has 0 unspecified atom stereocenters. The number of piperidine rings is 1. The molecule has 1 aromatic rings. The van der Waals surface area contributed by atoms with Gasteiger partial charge in [0, 0.05) is 31.6 Å². The Balaban J connectivity index is 1.43. The van der Waals surface area contributed by atoms with Crippen molar-refractivity contribution in [1.82, 2.24) is 4.90 Å². The van der Waals surface area contributed by atoms with Crippen molar-refractivity contribution in [3.8, 4) is 0 Å². The third kappa shape index (κ3) is 3.03. The topological polar surface area (TPSA) is 80.0 Å². The van der Waals surface area contributed by atoms with E-state index in [9.17, 15) is 9.18 Å². The summed E-state index contributed by atoms with van der Waals surface area (Å²) in [6.07, 6.45) is 5.26. The minimum Gasteiger partial charge on any atom is -0.446 e. The molecule has 0 bridgehead atoms. The maximum Gasteiger partial charge on any atom is 0.410 e. The van der Waals surface area contributed by atoms with Crippen LogP contribution in [0, 0.1) is 5.82 Å². The summed E-state index contributed by atoms with van der Waals surface area (Å²) in [5.74, 6) is -0.160. The number of hydrogen-bond donors (Lipinski definition) is 2. The molecule has 1 saturated carbocycles. The van der Waals surface area contributed by atoms with Crippen LogP contribution in [0.15, 0.2) is 23.2 Å². The number of likely N-dealkylation sites (tertiary alicyclic amines) is 1. The predicted molar refractivity (Wildman–Crippen MR) is 93.0 cm³/mol. The molecule has 0 radical (unpaired) electrons. The van der Waals surface area contributed by atoms with Crippen LogP contribution in [-0.4, -0.2) is 41.7 Å². The highest BCUT2D eigenvalue weighted by atomic mass is 19.1. The van der Waals surface area contributed by atoms with E-state index in [-0.39, 0.29) is 23.9 Å². The normalized spacial score (nSPS) is 22.3. The van der Waals surface area contributed by atoms with E-state index in [2.05, 4.69) is 10.3 Å². The monoisotopic (exact) mass is 346 g/mol. The van der Waals surface area contributed by atoms with Crippen LogP contribution < -0.4 is 11.1 Å². The van der Waals surface area contributed by atoms with E-state index in [1.165, 1.54) is 6.07 Å². The van der Waals surface area contributed by atoms with Gasteiger partial charge >= 0.3 is 6.09 Å². The molecule has 3 N–H and O–H groups in total. The Morgan fingerprint density at radius 1 is 1.32 bits per heavy atom. The summed E-state index contributed by atoms with van der Waals surface area (Å²) in [6, 6.07) is 4.84. The number of rotatable bonds is 1. The van der Waals surface area contributed by atoms with Crippen molar-refractivity contribution in [1.29, 1.82) is 0 Å². The molecule has 2 fully saturated rings. The van der Waals surface area contributed by atoms with Gasteiger partial charge in [0.25, 0.3) is 0 Å². The molecule has 2 aliphatic heterocycles. The lowest BCUT2D eigenvalue weighted by Crippen LogP contribution is -2.52. The summed E-state index contributed by atoms with van der Waals surface area (Å²) in [7, 11) is 0. The van der Waals surface area contributed by atoms with Crippen LogP contribution in [0.2, 0.25) is 0 Å². The molecular weight excluding hydrogens is 323 g/mol. The quantitative estimate of drug-likeness (QED) is 0.819.